The van der Waals surface area contributed by atoms with Crippen molar-refractivity contribution in [2.45, 2.75) is 18.7 Å². The van der Waals surface area contributed by atoms with E-state index in [0.717, 1.165) is 16.8 Å². The van der Waals surface area contributed by atoms with Gasteiger partial charge in [0.1, 0.15) is 15.5 Å². The Balaban J connectivity index is 1.42. The number of ketones is 1. The van der Waals surface area contributed by atoms with Crippen LogP contribution in [0.25, 0.3) is 21.5 Å². The molecular weight excluding hydrogens is 484 g/mol. The Morgan fingerprint density at radius 3 is 2.37 bits per heavy atom. The number of pyridine rings is 1. The quantitative estimate of drug-likeness (QED) is 0.305. The summed E-state index contributed by atoms with van der Waals surface area (Å²) in [6.07, 6.45) is 0. The minimum absolute atomic E-state index is 0.0107. The second-order valence-corrected chi connectivity index (χ2v) is 10.7. The van der Waals surface area contributed by atoms with E-state index in [4.69, 9.17) is 15.2 Å². The number of benzene rings is 2. The van der Waals surface area contributed by atoms with E-state index in [9.17, 15) is 13.2 Å². The molecule has 0 spiro atoms. The largest absolute Gasteiger partial charge is 0.397 e. The van der Waals surface area contributed by atoms with Crippen LogP contribution in [0.5, 0.6) is 0 Å². The van der Waals surface area contributed by atoms with E-state index in [1.807, 2.05) is 43.3 Å². The number of nitrogen functional groups attached to an aromatic ring is 1. The van der Waals surface area contributed by atoms with E-state index in [-0.39, 0.29) is 16.5 Å². The summed E-state index contributed by atoms with van der Waals surface area (Å²) in [6, 6.07) is 18.9. The number of nitrogens with one attached hydrogen (secondary N) is 1. The lowest BCUT2D eigenvalue weighted by molar-refractivity contribution is 0.104. The fourth-order valence-electron chi connectivity index (χ4n) is 3.58. The van der Waals surface area contributed by atoms with E-state index in [1.54, 1.807) is 6.92 Å². The maximum absolute atomic E-state index is 13.2. The molecule has 0 bridgehead atoms. The van der Waals surface area contributed by atoms with Crippen molar-refractivity contribution < 1.29 is 17.7 Å². The number of nitrogens with zero attached hydrogens (tertiary/aromatic N) is 2. The summed E-state index contributed by atoms with van der Waals surface area (Å²) in [4.78, 5) is 18.9. The number of sulfonamides is 1. The molecule has 5 rings (SSSR count). The predicted octanol–water partition coefficient (Wildman–Crippen LogP) is 5.18. The van der Waals surface area contributed by atoms with Crippen molar-refractivity contribution >= 4 is 48.9 Å². The van der Waals surface area contributed by atoms with Gasteiger partial charge in [0.05, 0.1) is 16.3 Å². The van der Waals surface area contributed by atoms with Gasteiger partial charge < -0.3 is 10.3 Å². The van der Waals surface area contributed by atoms with Gasteiger partial charge in [0.15, 0.2) is 5.82 Å². The van der Waals surface area contributed by atoms with Gasteiger partial charge in [-0.05, 0) is 50.2 Å². The highest BCUT2D eigenvalue weighted by atomic mass is 32.2. The van der Waals surface area contributed by atoms with Crippen LogP contribution in [-0.4, -0.2) is 24.3 Å². The number of aromatic nitrogens is 2. The first-order chi connectivity index (χ1) is 16.7. The van der Waals surface area contributed by atoms with Crippen LogP contribution in [-0.2, 0) is 10.0 Å². The number of hydrogen-bond acceptors (Lipinski definition) is 8. The first kappa shape index (κ1) is 22.8. The van der Waals surface area contributed by atoms with Crippen molar-refractivity contribution in [3.63, 3.8) is 0 Å². The lowest BCUT2D eigenvalue weighted by Gasteiger charge is -2.06. The zero-order valence-corrected chi connectivity index (χ0v) is 20.4. The topological polar surface area (TPSA) is 128 Å². The number of aryl methyl sites for hydroxylation is 2. The van der Waals surface area contributed by atoms with E-state index in [0.29, 0.717) is 32.1 Å². The standard InChI is InChI=1S/C25H20N4O4S2/c1-14-3-5-16(6-4-14)20-12-11-19-22(26)24(34-25(19)27-20)23(30)17-7-9-18(10-8-17)35(31,32)29-21-13-15(2)33-28-21/h3-13H,26H2,1-2H3,(H,28,29). The number of nitrogens with two attached hydrogens (primary N) is 1. The Hall–Kier alpha value is -4.02. The molecule has 0 fully saturated rings. The molecule has 0 amide bonds. The van der Waals surface area contributed by atoms with Crippen LogP contribution in [0.3, 0.4) is 0 Å². The van der Waals surface area contributed by atoms with Gasteiger partial charge in [-0.2, -0.15) is 0 Å². The average Bonchev–Trinajstić information content (AvgIpc) is 3.40. The molecule has 3 aromatic heterocycles. The molecule has 5 aromatic rings. The Morgan fingerprint density at radius 1 is 1.00 bits per heavy atom. The number of anilines is 2. The summed E-state index contributed by atoms with van der Waals surface area (Å²) in [5.74, 6) is 0.259. The summed E-state index contributed by atoms with van der Waals surface area (Å²) in [7, 11) is -3.89. The SMILES string of the molecule is Cc1ccc(-c2ccc3c(N)c(C(=O)c4ccc(S(=O)(=O)Nc5cc(C)on5)cc4)sc3n2)cc1. The van der Waals surface area contributed by atoms with Crippen molar-refractivity contribution in [3.05, 3.63) is 88.5 Å². The van der Waals surface area contributed by atoms with Crippen molar-refractivity contribution in [2.24, 2.45) is 0 Å². The Labute approximate surface area is 205 Å². The summed E-state index contributed by atoms with van der Waals surface area (Å²) in [5, 5.41) is 4.34. The number of carbonyl (C=O) groups excluding carboxylic acids is 1. The monoisotopic (exact) mass is 504 g/mol. The van der Waals surface area contributed by atoms with Gasteiger partial charge in [-0.25, -0.2) is 13.4 Å². The van der Waals surface area contributed by atoms with Crippen LogP contribution >= 0.6 is 11.3 Å². The van der Waals surface area contributed by atoms with Gasteiger partial charge in [0.2, 0.25) is 5.78 Å². The molecule has 0 radical (unpaired) electrons. The minimum Gasteiger partial charge on any atom is -0.397 e. The normalized spacial score (nSPS) is 11.6. The third-order valence-electron chi connectivity index (χ3n) is 5.44. The second-order valence-electron chi connectivity index (χ2n) is 8.04. The molecule has 0 aliphatic heterocycles. The highest BCUT2D eigenvalue weighted by Gasteiger charge is 2.21. The highest BCUT2D eigenvalue weighted by molar-refractivity contribution is 7.92. The van der Waals surface area contributed by atoms with Crippen LogP contribution in [0.2, 0.25) is 0 Å². The van der Waals surface area contributed by atoms with E-state index in [1.165, 1.54) is 41.7 Å². The van der Waals surface area contributed by atoms with Crippen molar-refractivity contribution in [1.82, 2.24) is 10.1 Å². The first-order valence-electron chi connectivity index (χ1n) is 10.6. The molecule has 0 saturated carbocycles. The molecule has 0 unspecified atom stereocenters. The number of fused-ring (bicyclic) bond motifs is 1. The number of hydrogen-bond donors (Lipinski definition) is 2. The molecule has 2 aromatic carbocycles. The molecule has 0 aliphatic rings. The fraction of sp³-hybridized carbons (Fsp3) is 0.0800. The summed E-state index contributed by atoms with van der Waals surface area (Å²) in [6.45, 7) is 3.68. The van der Waals surface area contributed by atoms with Crippen LogP contribution < -0.4 is 10.5 Å². The zero-order chi connectivity index (χ0) is 24.7. The van der Waals surface area contributed by atoms with Crippen molar-refractivity contribution in [2.75, 3.05) is 10.5 Å². The third-order valence-corrected chi connectivity index (χ3v) is 7.93. The van der Waals surface area contributed by atoms with Gasteiger partial charge >= 0.3 is 0 Å². The van der Waals surface area contributed by atoms with Crippen molar-refractivity contribution in [3.8, 4) is 11.3 Å². The average molecular weight is 505 g/mol. The van der Waals surface area contributed by atoms with Gasteiger partial charge in [-0.15, -0.1) is 11.3 Å². The maximum atomic E-state index is 13.2. The summed E-state index contributed by atoms with van der Waals surface area (Å²) < 4.78 is 32.4. The van der Waals surface area contributed by atoms with Crippen molar-refractivity contribution in [1.29, 1.82) is 0 Å². The van der Waals surface area contributed by atoms with E-state index < -0.39 is 10.0 Å². The first-order valence-corrected chi connectivity index (χ1v) is 12.9. The summed E-state index contributed by atoms with van der Waals surface area (Å²) >= 11 is 1.22. The van der Waals surface area contributed by atoms with E-state index in [2.05, 4.69) is 9.88 Å². The van der Waals surface area contributed by atoms with Crippen LogP contribution in [0.4, 0.5) is 11.5 Å². The molecule has 0 aliphatic carbocycles. The van der Waals surface area contributed by atoms with Crippen LogP contribution in [0, 0.1) is 13.8 Å². The van der Waals surface area contributed by atoms with E-state index >= 15 is 0 Å². The molecular formula is C25H20N4O4S2. The lowest BCUT2D eigenvalue weighted by atomic mass is 10.1. The third kappa shape index (κ3) is 4.41. The lowest BCUT2D eigenvalue weighted by Crippen LogP contribution is -2.13. The Bertz CT molecular complexity index is 1670. The molecule has 3 heterocycles. The van der Waals surface area contributed by atoms with Crippen LogP contribution in [0.15, 0.2) is 76.1 Å². The second kappa shape index (κ2) is 8.64. The van der Waals surface area contributed by atoms with Gasteiger partial charge in [-0.3, -0.25) is 9.52 Å². The zero-order valence-electron chi connectivity index (χ0n) is 18.8. The molecule has 0 atom stereocenters. The molecule has 10 heteroatoms. The molecule has 0 saturated heterocycles. The van der Waals surface area contributed by atoms with Gasteiger partial charge in [0, 0.05) is 22.6 Å². The number of rotatable bonds is 6. The van der Waals surface area contributed by atoms with Gasteiger partial charge in [0.25, 0.3) is 10.0 Å². The predicted molar refractivity (Wildman–Crippen MR) is 136 cm³/mol. The molecule has 35 heavy (non-hydrogen) atoms. The molecule has 8 nitrogen and oxygen atoms in total. The smallest absolute Gasteiger partial charge is 0.263 e. The fourth-order valence-corrected chi connectivity index (χ4v) is 5.62. The number of carbonyl (C=O) groups is 1. The molecule has 176 valence electrons. The Kier molecular flexibility index (Phi) is 5.62. The van der Waals surface area contributed by atoms with Gasteiger partial charge in [-0.1, -0.05) is 35.0 Å². The number of thiophene rings is 1. The summed E-state index contributed by atoms with van der Waals surface area (Å²) in [5.41, 5.74) is 9.91. The van der Waals surface area contributed by atoms with Crippen LogP contribution in [0.1, 0.15) is 26.6 Å². The maximum Gasteiger partial charge on any atom is 0.263 e. The minimum atomic E-state index is -3.89. The highest BCUT2D eigenvalue weighted by Crippen LogP contribution is 2.35. The Morgan fingerprint density at radius 2 is 1.71 bits per heavy atom. The molecule has 3 N–H and O–H groups in total.